The predicted molar refractivity (Wildman–Crippen MR) is 133 cm³/mol. The van der Waals surface area contributed by atoms with Crippen LogP contribution in [0.5, 0.6) is 0 Å². The summed E-state index contributed by atoms with van der Waals surface area (Å²) in [7, 11) is 0. The van der Waals surface area contributed by atoms with Crippen LogP contribution >= 0.6 is 22.9 Å². The fraction of sp³-hybridized carbons (Fsp3) is 0. The Bertz CT molecular complexity index is 1640. The molecule has 1 heterocycles. The molecule has 0 nitrogen and oxygen atoms in total. The maximum atomic E-state index is 9.00. The minimum absolute atomic E-state index is 0.212. The second-order valence-corrected chi connectivity index (χ2v) is 8.72. The van der Waals surface area contributed by atoms with E-state index in [9.17, 15) is 0 Å². The number of hydrogen-bond acceptors (Lipinski definition) is 1. The molecule has 0 saturated heterocycles. The maximum Gasteiger partial charge on any atom is 0.0645 e. The molecule has 30 heavy (non-hydrogen) atoms. The number of hydrogen-bond donors (Lipinski definition) is 0. The molecule has 0 radical (unpaired) electrons. The van der Waals surface area contributed by atoms with Crippen LogP contribution in [-0.4, -0.2) is 0 Å². The highest BCUT2D eigenvalue weighted by atomic mass is 35.5. The van der Waals surface area contributed by atoms with Gasteiger partial charge in [0.15, 0.2) is 0 Å². The van der Waals surface area contributed by atoms with Crippen molar-refractivity contribution in [1.82, 2.24) is 0 Å². The molecule has 0 fully saturated rings. The Kier molecular flexibility index (Phi) is 3.65. The third-order valence-electron chi connectivity index (χ3n) is 5.54. The van der Waals surface area contributed by atoms with E-state index in [1.54, 1.807) is 11.3 Å². The van der Waals surface area contributed by atoms with Gasteiger partial charge in [0, 0.05) is 25.6 Å². The summed E-state index contributed by atoms with van der Waals surface area (Å²) in [5.41, 5.74) is 3.70. The molecule has 0 bridgehead atoms. The van der Waals surface area contributed by atoms with Gasteiger partial charge in [-0.2, -0.15) is 0 Å². The largest absolute Gasteiger partial charge is 0.134 e. The topological polar surface area (TPSA) is 0 Å². The Morgan fingerprint density at radius 3 is 2.00 bits per heavy atom. The van der Waals surface area contributed by atoms with Crippen LogP contribution in [0.2, 0.25) is 5.02 Å². The Hall–Kier alpha value is -3.13. The number of rotatable bonds is 2. The summed E-state index contributed by atoms with van der Waals surface area (Å²) in [6.07, 6.45) is 0. The van der Waals surface area contributed by atoms with Gasteiger partial charge >= 0.3 is 0 Å². The minimum Gasteiger partial charge on any atom is -0.134 e. The lowest BCUT2D eigenvalue weighted by Gasteiger charge is -2.09. The maximum absolute atomic E-state index is 9.00. The first kappa shape index (κ1) is 15.7. The molecule has 5 aromatic carbocycles. The lowest BCUT2D eigenvalue weighted by molar-refractivity contribution is 1.66. The SMILES string of the molecule is [2H]c1c(-c2ccccc2)c([2H])c2sc3c4ccccc4c(-c4ccccc4)cc3c2c1Cl. The molecule has 0 amide bonds. The third-order valence-corrected chi connectivity index (χ3v) is 6.97. The van der Waals surface area contributed by atoms with Gasteiger partial charge in [-0.15, -0.1) is 11.3 Å². The highest BCUT2D eigenvalue weighted by molar-refractivity contribution is 7.26. The first-order valence-corrected chi connectivity index (χ1v) is 11.0. The Morgan fingerprint density at radius 1 is 0.633 bits per heavy atom. The lowest BCUT2D eigenvalue weighted by atomic mass is 9.95. The van der Waals surface area contributed by atoms with E-state index in [4.69, 9.17) is 14.3 Å². The monoisotopic (exact) mass is 422 g/mol. The molecule has 0 aliphatic heterocycles. The van der Waals surface area contributed by atoms with Crippen molar-refractivity contribution in [2.45, 2.75) is 0 Å². The van der Waals surface area contributed by atoms with Crippen molar-refractivity contribution in [1.29, 1.82) is 0 Å². The molecule has 6 rings (SSSR count). The van der Waals surface area contributed by atoms with Crippen molar-refractivity contribution in [3.63, 3.8) is 0 Å². The van der Waals surface area contributed by atoms with Crippen LogP contribution in [0.15, 0.2) is 103 Å². The van der Waals surface area contributed by atoms with Crippen molar-refractivity contribution in [2.75, 3.05) is 0 Å². The zero-order valence-electron chi connectivity index (χ0n) is 17.9. The summed E-state index contributed by atoms with van der Waals surface area (Å²) in [5, 5.41) is 4.55. The van der Waals surface area contributed by atoms with E-state index >= 15 is 0 Å². The van der Waals surface area contributed by atoms with E-state index < -0.39 is 0 Å². The fourth-order valence-corrected chi connectivity index (χ4v) is 5.73. The molecule has 6 aromatic rings. The molecule has 0 spiro atoms. The molecule has 0 aliphatic carbocycles. The number of thiophene rings is 1. The molecule has 0 atom stereocenters. The molecule has 0 aliphatic rings. The highest BCUT2D eigenvalue weighted by Gasteiger charge is 2.16. The quantitative estimate of drug-likeness (QED) is 0.261. The normalized spacial score (nSPS) is 12.4. The summed E-state index contributed by atoms with van der Waals surface area (Å²) >= 11 is 8.46. The van der Waals surface area contributed by atoms with E-state index in [2.05, 4.69) is 42.5 Å². The van der Waals surface area contributed by atoms with Gasteiger partial charge in [0.25, 0.3) is 0 Å². The van der Waals surface area contributed by atoms with E-state index in [0.717, 1.165) is 42.2 Å². The molecule has 0 unspecified atom stereocenters. The van der Waals surface area contributed by atoms with Crippen LogP contribution in [0.3, 0.4) is 0 Å². The van der Waals surface area contributed by atoms with Crippen LogP contribution in [0.4, 0.5) is 0 Å². The van der Waals surface area contributed by atoms with Gasteiger partial charge in [-0.05, 0) is 45.8 Å². The van der Waals surface area contributed by atoms with Crippen LogP contribution < -0.4 is 0 Å². The smallest absolute Gasteiger partial charge is 0.0645 e. The second-order valence-electron chi connectivity index (χ2n) is 7.32. The standard InChI is InChI=1S/C28H17ClS/c29-25-15-20(18-9-3-1-4-10-18)16-26-27(25)24-17-23(19-11-5-2-6-12-19)21-13-7-8-14-22(21)28(24)30-26/h1-17H/i15D,16D. The van der Waals surface area contributed by atoms with Gasteiger partial charge in [0.1, 0.15) is 0 Å². The van der Waals surface area contributed by atoms with Gasteiger partial charge in [-0.25, -0.2) is 0 Å². The van der Waals surface area contributed by atoms with E-state index in [1.165, 1.54) is 5.39 Å². The average molecular weight is 423 g/mol. The summed E-state index contributed by atoms with van der Waals surface area (Å²) in [4.78, 5) is 0. The van der Waals surface area contributed by atoms with Crippen molar-refractivity contribution in [3.05, 3.63) is 108 Å². The van der Waals surface area contributed by atoms with Crippen LogP contribution in [0.25, 0.3) is 53.2 Å². The van der Waals surface area contributed by atoms with Crippen molar-refractivity contribution in [2.24, 2.45) is 0 Å². The van der Waals surface area contributed by atoms with E-state index in [-0.39, 0.29) is 6.04 Å². The fourth-order valence-electron chi connectivity index (χ4n) is 4.15. The molecule has 0 saturated carbocycles. The zero-order chi connectivity index (χ0) is 21.8. The van der Waals surface area contributed by atoms with Crippen molar-refractivity contribution in [3.8, 4) is 22.3 Å². The van der Waals surface area contributed by atoms with Crippen molar-refractivity contribution >= 4 is 53.9 Å². The summed E-state index contributed by atoms with van der Waals surface area (Å²) < 4.78 is 19.7. The molecule has 142 valence electrons. The zero-order valence-corrected chi connectivity index (χ0v) is 17.5. The van der Waals surface area contributed by atoms with E-state index in [0.29, 0.717) is 16.6 Å². The van der Waals surface area contributed by atoms with Crippen LogP contribution in [-0.2, 0) is 0 Å². The number of benzene rings is 5. The predicted octanol–water partition coefficient (Wildman–Crippen LogP) is 9.20. The highest BCUT2D eigenvalue weighted by Crippen LogP contribution is 2.46. The van der Waals surface area contributed by atoms with E-state index in [1.807, 2.05) is 48.5 Å². The van der Waals surface area contributed by atoms with Gasteiger partial charge < -0.3 is 0 Å². The van der Waals surface area contributed by atoms with Crippen molar-refractivity contribution < 1.29 is 2.74 Å². The van der Waals surface area contributed by atoms with Gasteiger partial charge in [-0.1, -0.05) is 96.5 Å². The number of halogens is 1. The Morgan fingerprint density at radius 2 is 1.27 bits per heavy atom. The molecule has 0 N–H and O–H groups in total. The number of fused-ring (bicyclic) bond motifs is 5. The molecular weight excluding hydrogens is 404 g/mol. The lowest BCUT2D eigenvalue weighted by Crippen LogP contribution is -1.82. The molecule has 2 heteroatoms. The summed E-state index contributed by atoms with van der Waals surface area (Å²) in [6.45, 7) is 0. The Labute approximate surface area is 186 Å². The van der Waals surface area contributed by atoms with Gasteiger partial charge in [0.2, 0.25) is 0 Å². The van der Waals surface area contributed by atoms with Crippen LogP contribution in [0.1, 0.15) is 2.74 Å². The second kappa shape index (κ2) is 6.98. The van der Waals surface area contributed by atoms with Gasteiger partial charge in [0.05, 0.1) is 7.76 Å². The molecular formula is C28H17ClS. The Balaban J connectivity index is 1.79. The third kappa shape index (κ3) is 2.74. The first-order chi connectivity index (χ1) is 15.6. The minimum atomic E-state index is 0.212. The average Bonchev–Trinajstić information content (AvgIpc) is 3.24. The molecule has 1 aromatic heterocycles. The summed E-state index contributed by atoms with van der Waals surface area (Å²) in [6, 6.07) is 31.2. The van der Waals surface area contributed by atoms with Gasteiger partial charge in [-0.3, -0.25) is 0 Å². The first-order valence-electron chi connectivity index (χ1n) is 10.8. The summed E-state index contributed by atoms with van der Waals surface area (Å²) in [5.74, 6) is 0. The van der Waals surface area contributed by atoms with Crippen LogP contribution in [0, 0.1) is 0 Å².